The van der Waals surface area contributed by atoms with Gasteiger partial charge in [-0.1, -0.05) is 0 Å². The van der Waals surface area contributed by atoms with Gasteiger partial charge in [0.05, 0.1) is 23.8 Å². The summed E-state index contributed by atoms with van der Waals surface area (Å²) >= 11 is 0. The van der Waals surface area contributed by atoms with Crippen molar-refractivity contribution in [2.45, 2.75) is 31.3 Å². The maximum absolute atomic E-state index is 13.8. The van der Waals surface area contributed by atoms with Crippen molar-refractivity contribution in [2.24, 2.45) is 5.73 Å². The van der Waals surface area contributed by atoms with Crippen LogP contribution in [0.15, 0.2) is 12.1 Å². The van der Waals surface area contributed by atoms with Gasteiger partial charge in [0.2, 0.25) is 0 Å². The third kappa shape index (κ3) is 2.76. The number of halogens is 1. The quantitative estimate of drug-likeness (QED) is 0.644. The molecule has 1 aromatic carbocycles. The Morgan fingerprint density at radius 3 is 2.79 bits per heavy atom. The first-order valence-corrected chi connectivity index (χ1v) is 6.07. The van der Waals surface area contributed by atoms with Gasteiger partial charge in [0, 0.05) is 18.2 Å². The molecular weight excluding hydrogens is 253 g/mol. The average Bonchev–Trinajstić information content (AvgIpc) is 2.77. The number of ether oxygens (including phenoxy) is 1. The van der Waals surface area contributed by atoms with Gasteiger partial charge in [0.1, 0.15) is 0 Å². The molecule has 0 amide bonds. The van der Waals surface area contributed by atoms with E-state index in [0.717, 1.165) is 25.3 Å². The topological polar surface area (TPSA) is 90.4 Å². The fourth-order valence-electron chi connectivity index (χ4n) is 2.33. The fraction of sp³-hybridized carbons (Fsp3) is 0.500. The molecule has 1 saturated carbocycles. The van der Waals surface area contributed by atoms with Crippen LogP contribution >= 0.6 is 0 Å². The SMILES string of the molecule is COc1cc(NC2CCCC2N)c(F)cc1[N+](=O)[O-]. The van der Waals surface area contributed by atoms with E-state index in [4.69, 9.17) is 10.5 Å². The van der Waals surface area contributed by atoms with Crippen molar-refractivity contribution in [3.63, 3.8) is 0 Å². The van der Waals surface area contributed by atoms with Gasteiger partial charge >= 0.3 is 5.69 Å². The summed E-state index contributed by atoms with van der Waals surface area (Å²) < 4.78 is 18.8. The third-order valence-corrected chi connectivity index (χ3v) is 3.38. The summed E-state index contributed by atoms with van der Waals surface area (Å²) in [5.74, 6) is -0.646. The summed E-state index contributed by atoms with van der Waals surface area (Å²) in [6.07, 6.45) is 2.74. The molecule has 0 heterocycles. The second-order valence-corrected chi connectivity index (χ2v) is 4.61. The van der Waals surface area contributed by atoms with Crippen LogP contribution in [0.25, 0.3) is 0 Å². The number of anilines is 1. The number of nitrogens with zero attached hydrogens (tertiary/aromatic N) is 1. The maximum atomic E-state index is 13.8. The van der Waals surface area contributed by atoms with Crippen molar-refractivity contribution in [3.8, 4) is 5.75 Å². The molecule has 1 fully saturated rings. The summed E-state index contributed by atoms with van der Waals surface area (Å²) in [5.41, 5.74) is 5.70. The normalized spacial score (nSPS) is 22.3. The lowest BCUT2D eigenvalue weighted by atomic mass is 10.1. The minimum absolute atomic E-state index is 0.0133. The largest absolute Gasteiger partial charge is 0.490 e. The first kappa shape index (κ1) is 13.5. The van der Waals surface area contributed by atoms with Gasteiger partial charge in [-0.05, 0) is 19.3 Å². The Balaban J connectivity index is 2.28. The lowest BCUT2D eigenvalue weighted by Gasteiger charge is -2.19. The van der Waals surface area contributed by atoms with Gasteiger partial charge in [-0.15, -0.1) is 0 Å². The Hall–Kier alpha value is -1.89. The summed E-state index contributed by atoms with van der Waals surface area (Å²) in [4.78, 5) is 10.1. The van der Waals surface area contributed by atoms with Gasteiger partial charge in [0.15, 0.2) is 11.6 Å². The van der Waals surface area contributed by atoms with Crippen LogP contribution in [-0.2, 0) is 0 Å². The molecule has 0 aromatic heterocycles. The van der Waals surface area contributed by atoms with Crippen LogP contribution in [0.2, 0.25) is 0 Å². The highest BCUT2D eigenvalue weighted by molar-refractivity contribution is 5.59. The molecule has 104 valence electrons. The van der Waals surface area contributed by atoms with Crippen LogP contribution < -0.4 is 15.8 Å². The zero-order chi connectivity index (χ0) is 14.0. The number of nitrogens with two attached hydrogens (primary N) is 1. The minimum atomic E-state index is -0.674. The summed E-state index contributed by atoms with van der Waals surface area (Å²) in [7, 11) is 1.31. The highest BCUT2D eigenvalue weighted by atomic mass is 19.1. The van der Waals surface area contributed by atoms with Crippen LogP contribution in [0.3, 0.4) is 0 Å². The summed E-state index contributed by atoms with van der Waals surface area (Å²) in [6.45, 7) is 0. The number of nitrogens with one attached hydrogen (secondary N) is 1. The lowest BCUT2D eigenvalue weighted by molar-refractivity contribution is -0.385. The van der Waals surface area contributed by atoms with Crippen molar-refractivity contribution < 1.29 is 14.1 Å². The van der Waals surface area contributed by atoms with E-state index in [9.17, 15) is 14.5 Å². The second-order valence-electron chi connectivity index (χ2n) is 4.61. The van der Waals surface area contributed by atoms with E-state index in [1.165, 1.54) is 13.2 Å². The van der Waals surface area contributed by atoms with E-state index in [2.05, 4.69) is 5.32 Å². The fourth-order valence-corrected chi connectivity index (χ4v) is 2.33. The minimum Gasteiger partial charge on any atom is -0.490 e. The first-order chi connectivity index (χ1) is 9.02. The molecule has 2 unspecified atom stereocenters. The molecule has 2 rings (SSSR count). The molecule has 0 bridgehead atoms. The molecule has 1 aromatic rings. The zero-order valence-electron chi connectivity index (χ0n) is 10.6. The van der Waals surface area contributed by atoms with Crippen molar-refractivity contribution >= 4 is 11.4 Å². The predicted molar refractivity (Wildman–Crippen MR) is 68.8 cm³/mol. The molecule has 7 heteroatoms. The van der Waals surface area contributed by atoms with Crippen molar-refractivity contribution in [1.82, 2.24) is 0 Å². The smallest absolute Gasteiger partial charge is 0.313 e. The van der Waals surface area contributed by atoms with Gasteiger partial charge in [-0.25, -0.2) is 4.39 Å². The van der Waals surface area contributed by atoms with Crippen molar-refractivity contribution in [3.05, 3.63) is 28.1 Å². The van der Waals surface area contributed by atoms with Crippen LogP contribution in [0.5, 0.6) is 5.75 Å². The second kappa shape index (κ2) is 5.40. The number of methoxy groups -OCH3 is 1. The van der Waals surface area contributed by atoms with Crippen LogP contribution in [-0.4, -0.2) is 24.1 Å². The maximum Gasteiger partial charge on any atom is 0.313 e. The van der Waals surface area contributed by atoms with Gasteiger partial charge in [-0.2, -0.15) is 0 Å². The molecule has 19 heavy (non-hydrogen) atoms. The third-order valence-electron chi connectivity index (χ3n) is 3.38. The molecule has 3 N–H and O–H groups in total. The van der Waals surface area contributed by atoms with E-state index in [-0.39, 0.29) is 29.2 Å². The molecule has 0 saturated heterocycles. The Bertz CT molecular complexity index is 495. The Kier molecular flexibility index (Phi) is 3.84. The number of nitro groups is 1. The van der Waals surface area contributed by atoms with Crippen molar-refractivity contribution in [1.29, 1.82) is 0 Å². The predicted octanol–water partition coefficient (Wildman–Crippen LogP) is 2.03. The Morgan fingerprint density at radius 2 is 2.26 bits per heavy atom. The van der Waals surface area contributed by atoms with E-state index in [1.54, 1.807) is 0 Å². The van der Waals surface area contributed by atoms with Crippen LogP contribution in [0.4, 0.5) is 15.8 Å². The molecule has 6 nitrogen and oxygen atoms in total. The summed E-state index contributed by atoms with van der Waals surface area (Å²) in [5, 5.41) is 13.8. The molecule has 0 spiro atoms. The van der Waals surface area contributed by atoms with Crippen LogP contribution in [0.1, 0.15) is 19.3 Å². The Labute approximate surface area is 109 Å². The number of hydrogen-bond donors (Lipinski definition) is 2. The lowest BCUT2D eigenvalue weighted by Crippen LogP contribution is -2.35. The number of benzene rings is 1. The molecule has 0 aliphatic heterocycles. The molecule has 0 radical (unpaired) electrons. The van der Waals surface area contributed by atoms with Gasteiger partial charge in [-0.3, -0.25) is 10.1 Å². The zero-order valence-corrected chi connectivity index (χ0v) is 10.6. The average molecular weight is 269 g/mol. The van der Waals surface area contributed by atoms with E-state index in [0.29, 0.717) is 0 Å². The van der Waals surface area contributed by atoms with E-state index < -0.39 is 10.7 Å². The number of rotatable bonds is 4. The monoisotopic (exact) mass is 269 g/mol. The standard InChI is InChI=1S/C12H16FN3O3/c1-19-12-6-10(7(13)5-11(12)16(17)18)15-9-4-2-3-8(9)14/h5-6,8-9,15H,2-4,14H2,1H3. The van der Waals surface area contributed by atoms with E-state index in [1.807, 2.05) is 0 Å². The Morgan fingerprint density at radius 1 is 1.53 bits per heavy atom. The van der Waals surface area contributed by atoms with Crippen LogP contribution in [0, 0.1) is 15.9 Å². The van der Waals surface area contributed by atoms with E-state index >= 15 is 0 Å². The van der Waals surface area contributed by atoms with Crippen molar-refractivity contribution in [2.75, 3.05) is 12.4 Å². The highest BCUT2D eigenvalue weighted by Crippen LogP contribution is 2.33. The van der Waals surface area contributed by atoms with Gasteiger partial charge in [0.25, 0.3) is 0 Å². The number of nitro benzene ring substituents is 1. The summed E-state index contributed by atoms with van der Waals surface area (Å²) in [6, 6.07) is 2.13. The van der Waals surface area contributed by atoms with Gasteiger partial charge < -0.3 is 15.8 Å². The highest BCUT2D eigenvalue weighted by Gasteiger charge is 2.26. The molecule has 1 aliphatic carbocycles. The number of hydrogen-bond acceptors (Lipinski definition) is 5. The molecular formula is C12H16FN3O3. The molecule has 1 aliphatic rings. The molecule has 2 atom stereocenters. The first-order valence-electron chi connectivity index (χ1n) is 6.07.